The molecule has 0 aliphatic heterocycles. The number of rotatable bonds is 10. The smallest absolute Gasteiger partial charge is 0.220 e. The second kappa shape index (κ2) is 10.2. The maximum atomic E-state index is 11.5. The van der Waals surface area contributed by atoms with Gasteiger partial charge >= 0.3 is 0 Å². The third-order valence-electron chi connectivity index (χ3n) is 2.64. The van der Waals surface area contributed by atoms with Crippen molar-refractivity contribution in [2.24, 2.45) is 0 Å². The van der Waals surface area contributed by atoms with Crippen molar-refractivity contribution in [1.29, 1.82) is 0 Å². The van der Waals surface area contributed by atoms with Crippen LogP contribution in [0, 0.1) is 6.92 Å². The second-order valence-electron chi connectivity index (χ2n) is 4.45. The fourth-order valence-electron chi connectivity index (χ4n) is 1.57. The molecule has 0 saturated carbocycles. The van der Waals surface area contributed by atoms with Gasteiger partial charge in [-0.15, -0.1) is 0 Å². The van der Waals surface area contributed by atoms with Crippen LogP contribution < -0.4 is 10.1 Å². The van der Waals surface area contributed by atoms with E-state index < -0.39 is 0 Å². The number of aryl methyl sites for hydroxylation is 1. The maximum Gasteiger partial charge on any atom is 0.220 e. The van der Waals surface area contributed by atoms with Crippen LogP contribution in [0.2, 0.25) is 0 Å². The Balaban J connectivity index is 2.00. The lowest BCUT2D eigenvalue weighted by Crippen LogP contribution is -2.27. The number of benzene rings is 1. The molecule has 112 valence electrons. The van der Waals surface area contributed by atoms with E-state index >= 15 is 0 Å². The van der Waals surface area contributed by atoms with E-state index in [-0.39, 0.29) is 12.5 Å². The molecule has 0 heterocycles. The lowest BCUT2D eigenvalue weighted by atomic mass is 10.2. The molecule has 0 spiro atoms. The van der Waals surface area contributed by atoms with Gasteiger partial charge in [-0.3, -0.25) is 4.79 Å². The van der Waals surface area contributed by atoms with E-state index in [2.05, 4.69) is 5.32 Å². The van der Waals surface area contributed by atoms with Gasteiger partial charge in [-0.1, -0.05) is 17.7 Å². The quantitative estimate of drug-likeness (QED) is 0.634. The minimum Gasteiger partial charge on any atom is -0.494 e. The molecule has 1 aromatic rings. The molecule has 0 aliphatic carbocycles. The lowest BCUT2D eigenvalue weighted by Gasteiger charge is -2.07. The Labute approximate surface area is 119 Å². The van der Waals surface area contributed by atoms with Crippen LogP contribution >= 0.6 is 0 Å². The summed E-state index contributed by atoms with van der Waals surface area (Å²) in [5.74, 6) is 0.818. The highest BCUT2D eigenvalue weighted by molar-refractivity contribution is 5.75. The number of aliphatic hydroxyl groups is 1. The van der Waals surface area contributed by atoms with E-state index in [0.717, 1.165) is 5.75 Å². The number of hydrogen-bond acceptors (Lipinski definition) is 4. The van der Waals surface area contributed by atoms with Gasteiger partial charge < -0.3 is 19.9 Å². The van der Waals surface area contributed by atoms with Crippen LogP contribution in [0.5, 0.6) is 5.75 Å². The van der Waals surface area contributed by atoms with E-state index in [0.29, 0.717) is 39.2 Å². The fraction of sp³-hybridized carbons (Fsp3) is 0.533. The van der Waals surface area contributed by atoms with E-state index in [9.17, 15) is 4.79 Å². The van der Waals surface area contributed by atoms with Gasteiger partial charge in [0.2, 0.25) is 5.91 Å². The molecule has 0 aromatic heterocycles. The van der Waals surface area contributed by atoms with E-state index in [1.54, 1.807) is 0 Å². The minimum absolute atomic E-state index is 0.00426. The molecule has 0 atom stereocenters. The topological polar surface area (TPSA) is 67.8 Å². The van der Waals surface area contributed by atoms with Gasteiger partial charge in [0, 0.05) is 13.0 Å². The Morgan fingerprint density at radius 1 is 1.20 bits per heavy atom. The molecule has 1 rings (SSSR count). The summed E-state index contributed by atoms with van der Waals surface area (Å²) in [6.07, 6.45) is 1.11. The van der Waals surface area contributed by atoms with E-state index in [1.807, 2.05) is 31.2 Å². The normalized spacial score (nSPS) is 10.3. The third kappa shape index (κ3) is 7.76. The van der Waals surface area contributed by atoms with Crippen molar-refractivity contribution < 1.29 is 19.4 Å². The molecule has 0 saturated heterocycles. The standard InChI is InChI=1S/C15H23NO4/c1-13-4-6-14(7-5-13)20-10-2-3-15(18)16-8-11-19-12-9-17/h4-7,17H,2-3,8-12H2,1H3,(H,16,18). The van der Waals surface area contributed by atoms with Gasteiger partial charge in [0.1, 0.15) is 5.75 Å². The predicted octanol–water partition coefficient (Wildman–Crippen LogP) is 1.28. The summed E-state index contributed by atoms with van der Waals surface area (Å²) in [5.41, 5.74) is 1.19. The first-order chi connectivity index (χ1) is 9.72. The summed E-state index contributed by atoms with van der Waals surface area (Å²) in [6.45, 7) is 3.75. The maximum absolute atomic E-state index is 11.5. The highest BCUT2D eigenvalue weighted by atomic mass is 16.5. The van der Waals surface area contributed by atoms with Gasteiger partial charge in [0.15, 0.2) is 0 Å². The van der Waals surface area contributed by atoms with Crippen molar-refractivity contribution in [3.63, 3.8) is 0 Å². The molecule has 0 unspecified atom stereocenters. The summed E-state index contributed by atoms with van der Waals surface area (Å²) in [7, 11) is 0. The molecule has 20 heavy (non-hydrogen) atoms. The van der Waals surface area contributed by atoms with Crippen LogP contribution in [0.15, 0.2) is 24.3 Å². The van der Waals surface area contributed by atoms with E-state index in [1.165, 1.54) is 5.56 Å². The number of amides is 1. The van der Waals surface area contributed by atoms with Gasteiger partial charge in [-0.05, 0) is 25.5 Å². The number of hydrogen-bond donors (Lipinski definition) is 2. The molecular formula is C15H23NO4. The minimum atomic E-state index is -0.00916. The van der Waals surface area contributed by atoms with Gasteiger partial charge in [-0.25, -0.2) is 0 Å². The van der Waals surface area contributed by atoms with Crippen molar-refractivity contribution >= 4 is 5.91 Å². The molecule has 5 heteroatoms. The molecule has 0 fully saturated rings. The summed E-state index contributed by atoms with van der Waals surface area (Å²) in [4.78, 5) is 11.5. The fourth-order valence-corrected chi connectivity index (χ4v) is 1.57. The Kier molecular flexibility index (Phi) is 8.42. The van der Waals surface area contributed by atoms with Crippen LogP contribution in [0.1, 0.15) is 18.4 Å². The summed E-state index contributed by atoms with van der Waals surface area (Å²) >= 11 is 0. The average Bonchev–Trinajstić information content (AvgIpc) is 2.45. The Hall–Kier alpha value is -1.59. The highest BCUT2D eigenvalue weighted by Gasteiger charge is 2.01. The first kappa shape index (κ1) is 16.5. The summed E-state index contributed by atoms with van der Waals surface area (Å²) in [6, 6.07) is 7.84. The Morgan fingerprint density at radius 2 is 1.95 bits per heavy atom. The molecule has 2 N–H and O–H groups in total. The molecule has 0 aliphatic rings. The zero-order chi connectivity index (χ0) is 14.6. The number of nitrogens with one attached hydrogen (secondary N) is 1. The SMILES string of the molecule is Cc1ccc(OCCCC(=O)NCCOCCO)cc1. The lowest BCUT2D eigenvalue weighted by molar-refractivity contribution is -0.121. The number of ether oxygens (including phenoxy) is 2. The molecule has 1 aromatic carbocycles. The summed E-state index contributed by atoms with van der Waals surface area (Å²) < 4.78 is 10.6. The highest BCUT2D eigenvalue weighted by Crippen LogP contribution is 2.11. The molecule has 1 amide bonds. The van der Waals surface area contributed by atoms with Crippen molar-refractivity contribution in [1.82, 2.24) is 5.32 Å². The molecular weight excluding hydrogens is 258 g/mol. The molecule has 5 nitrogen and oxygen atoms in total. The average molecular weight is 281 g/mol. The number of aliphatic hydroxyl groups excluding tert-OH is 1. The number of carbonyl (C=O) groups excluding carboxylic acids is 1. The zero-order valence-corrected chi connectivity index (χ0v) is 11.9. The Morgan fingerprint density at radius 3 is 2.65 bits per heavy atom. The van der Waals surface area contributed by atoms with Crippen molar-refractivity contribution in [3.05, 3.63) is 29.8 Å². The van der Waals surface area contributed by atoms with Gasteiger partial charge in [0.05, 0.1) is 26.4 Å². The van der Waals surface area contributed by atoms with Crippen LogP contribution in [0.4, 0.5) is 0 Å². The second-order valence-corrected chi connectivity index (χ2v) is 4.45. The van der Waals surface area contributed by atoms with E-state index in [4.69, 9.17) is 14.6 Å². The van der Waals surface area contributed by atoms with Crippen molar-refractivity contribution in [2.75, 3.05) is 33.0 Å². The van der Waals surface area contributed by atoms with Crippen LogP contribution in [-0.2, 0) is 9.53 Å². The van der Waals surface area contributed by atoms with Crippen LogP contribution in [0.25, 0.3) is 0 Å². The molecule has 0 radical (unpaired) electrons. The first-order valence-corrected chi connectivity index (χ1v) is 6.87. The predicted molar refractivity (Wildman–Crippen MR) is 76.8 cm³/mol. The zero-order valence-electron chi connectivity index (χ0n) is 11.9. The van der Waals surface area contributed by atoms with Crippen molar-refractivity contribution in [2.45, 2.75) is 19.8 Å². The Bertz CT molecular complexity index is 378. The third-order valence-corrected chi connectivity index (χ3v) is 2.64. The molecule has 0 bridgehead atoms. The monoisotopic (exact) mass is 281 g/mol. The van der Waals surface area contributed by atoms with Crippen LogP contribution in [0.3, 0.4) is 0 Å². The van der Waals surface area contributed by atoms with Crippen molar-refractivity contribution in [3.8, 4) is 5.75 Å². The van der Waals surface area contributed by atoms with Gasteiger partial charge in [0.25, 0.3) is 0 Å². The first-order valence-electron chi connectivity index (χ1n) is 6.87. The summed E-state index contributed by atoms with van der Waals surface area (Å²) in [5, 5.41) is 11.2. The number of carbonyl (C=O) groups is 1. The largest absolute Gasteiger partial charge is 0.494 e. The van der Waals surface area contributed by atoms with Gasteiger partial charge in [-0.2, -0.15) is 0 Å². The van der Waals surface area contributed by atoms with Crippen LogP contribution in [-0.4, -0.2) is 44.0 Å².